The smallest absolute Gasteiger partial charge is 0.319 e. The van der Waals surface area contributed by atoms with Crippen molar-refractivity contribution < 1.29 is 19.5 Å². The second kappa shape index (κ2) is 8.33. The normalized spacial score (nSPS) is 10.8. The number of nitrogens with one attached hydrogen (secondary N) is 3. The molecule has 24 heavy (non-hydrogen) atoms. The van der Waals surface area contributed by atoms with Crippen LogP contribution in [0.1, 0.15) is 39.2 Å². The van der Waals surface area contributed by atoms with Crippen LogP contribution >= 0.6 is 0 Å². The molecule has 0 radical (unpaired) electrons. The van der Waals surface area contributed by atoms with Crippen LogP contribution in [0.25, 0.3) is 0 Å². The van der Waals surface area contributed by atoms with Gasteiger partial charge in [-0.15, -0.1) is 0 Å². The first-order valence-corrected chi connectivity index (χ1v) is 7.78. The molecule has 0 aliphatic rings. The number of amides is 3. The summed E-state index contributed by atoms with van der Waals surface area (Å²) in [5.74, 6) is -1.00. The maximum absolute atomic E-state index is 12.1. The summed E-state index contributed by atoms with van der Waals surface area (Å²) in [6, 6.07) is 4.81. The standard InChI is InChI=1S/C17H25N3O4/c1-11-7-8-12(10-13(11)20-15(23)17(2,3)4)19-16(24)18-9-5-6-14(21)22/h7-8,10H,5-6,9H2,1-4H3,(H,20,23)(H,21,22)(H2,18,19,24). The summed E-state index contributed by atoms with van der Waals surface area (Å²) >= 11 is 0. The third kappa shape index (κ3) is 6.68. The number of carbonyl (C=O) groups is 3. The van der Waals surface area contributed by atoms with Crippen molar-refractivity contribution in [3.8, 4) is 0 Å². The average Bonchev–Trinajstić information content (AvgIpc) is 2.46. The van der Waals surface area contributed by atoms with E-state index in [0.29, 0.717) is 17.8 Å². The van der Waals surface area contributed by atoms with Crippen molar-refractivity contribution in [3.63, 3.8) is 0 Å². The predicted octanol–water partition coefficient (Wildman–Crippen LogP) is 2.97. The van der Waals surface area contributed by atoms with E-state index >= 15 is 0 Å². The highest BCUT2D eigenvalue weighted by molar-refractivity contribution is 5.96. The quantitative estimate of drug-likeness (QED) is 0.599. The van der Waals surface area contributed by atoms with Gasteiger partial charge in [-0.2, -0.15) is 0 Å². The molecule has 0 heterocycles. The van der Waals surface area contributed by atoms with Crippen molar-refractivity contribution in [2.75, 3.05) is 17.2 Å². The van der Waals surface area contributed by atoms with E-state index in [-0.39, 0.29) is 18.9 Å². The molecular weight excluding hydrogens is 310 g/mol. The Kier molecular flexibility index (Phi) is 6.76. The van der Waals surface area contributed by atoms with Gasteiger partial charge < -0.3 is 21.1 Å². The molecule has 0 unspecified atom stereocenters. The van der Waals surface area contributed by atoms with Gasteiger partial charge in [-0.25, -0.2) is 4.79 Å². The Morgan fingerprint density at radius 3 is 2.38 bits per heavy atom. The van der Waals surface area contributed by atoms with E-state index in [1.807, 2.05) is 27.7 Å². The summed E-state index contributed by atoms with van der Waals surface area (Å²) in [5, 5.41) is 16.6. The van der Waals surface area contributed by atoms with E-state index in [1.165, 1.54) is 0 Å². The van der Waals surface area contributed by atoms with Crippen LogP contribution in [0.2, 0.25) is 0 Å². The highest BCUT2D eigenvalue weighted by Gasteiger charge is 2.21. The summed E-state index contributed by atoms with van der Waals surface area (Å²) in [6.45, 7) is 7.62. The minimum Gasteiger partial charge on any atom is -0.481 e. The Hall–Kier alpha value is -2.57. The van der Waals surface area contributed by atoms with Gasteiger partial charge in [-0.1, -0.05) is 26.8 Å². The molecular formula is C17H25N3O4. The predicted molar refractivity (Wildman–Crippen MR) is 93.2 cm³/mol. The number of hydrogen-bond acceptors (Lipinski definition) is 3. The zero-order valence-corrected chi connectivity index (χ0v) is 14.5. The van der Waals surface area contributed by atoms with Crippen LogP contribution in [0, 0.1) is 12.3 Å². The van der Waals surface area contributed by atoms with Crippen LogP contribution in [0.4, 0.5) is 16.2 Å². The van der Waals surface area contributed by atoms with E-state index in [0.717, 1.165) is 5.56 Å². The molecule has 0 spiro atoms. The Morgan fingerprint density at radius 2 is 1.79 bits per heavy atom. The molecule has 1 rings (SSSR count). The molecule has 4 N–H and O–H groups in total. The third-order valence-corrected chi connectivity index (χ3v) is 3.28. The maximum Gasteiger partial charge on any atom is 0.319 e. The molecule has 0 aliphatic heterocycles. The van der Waals surface area contributed by atoms with Gasteiger partial charge in [0.25, 0.3) is 0 Å². The maximum atomic E-state index is 12.1. The number of hydrogen-bond donors (Lipinski definition) is 4. The minimum atomic E-state index is -0.894. The lowest BCUT2D eigenvalue weighted by molar-refractivity contribution is -0.137. The van der Waals surface area contributed by atoms with Crippen molar-refractivity contribution in [2.24, 2.45) is 5.41 Å². The lowest BCUT2D eigenvalue weighted by Crippen LogP contribution is -2.30. The molecule has 0 aromatic heterocycles. The molecule has 1 aromatic carbocycles. The van der Waals surface area contributed by atoms with Gasteiger partial charge >= 0.3 is 12.0 Å². The SMILES string of the molecule is Cc1ccc(NC(=O)NCCCC(=O)O)cc1NC(=O)C(C)(C)C. The van der Waals surface area contributed by atoms with Gasteiger partial charge in [0.2, 0.25) is 5.91 Å². The monoisotopic (exact) mass is 335 g/mol. The molecule has 3 amide bonds. The van der Waals surface area contributed by atoms with E-state index in [9.17, 15) is 14.4 Å². The van der Waals surface area contributed by atoms with Crippen LogP contribution in [0.5, 0.6) is 0 Å². The molecule has 1 aromatic rings. The Morgan fingerprint density at radius 1 is 1.12 bits per heavy atom. The molecule has 0 bridgehead atoms. The molecule has 0 atom stereocenters. The lowest BCUT2D eigenvalue weighted by Gasteiger charge is -2.19. The summed E-state index contributed by atoms with van der Waals surface area (Å²) in [6.07, 6.45) is 0.372. The van der Waals surface area contributed by atoms with E-state index < -0.39 is 17.4 Å². The Labute approximate surface area is 141 Å². The zero-order valence-electron chi connectivity index (χ0n) is 14.5. The molecule has 7 nitrogen and oxygen atoms in total. The Bertz CT molecular complexity index is 621. The van der Waals surface area contributed by atoms with Crippen LogP contribution in [-0.4, -0.2) is 29.6 Å². The Balaban J connectivity index is 2.63. The second-order valence-electron chi connectivity index (χ2n) is 6.61. The molecule has 0 aliphatic carbocycles. The number of urea groups is 1. The zero-order chi connectivity index (χ0) is 18.3. The highest BCUT2D eigenvalue weighted by atomic mass is 16.4. The van der Waals surface area contributed by atoms with Gasteiger partial charge in [0.15, 0.2) is 0 Å². The van der Waals surface area contributed by atoms with Gasteiger partial charge in [0.1, 0.15) is 0 Å². The van der Waals surface area contributed by atoms with Crippen LogP contribution < -0.4 is 16.0 Å². The number of carbonyl (C=O) groups excluding carboxylic acids is 2. The summed E-state index contributed by atoms with van der Waals surface area (Å²) in [4.78, 5) is 34.3. The fraction of sp³-hybridized carbons (Fsp3) is 0.471. The van der Waals surface area contributed by atoms with Crippen molar-refractivity contribution in [1.29, 1.82) is 0 Å². The number of benzene rings is 1. The highest BCUT2D eigenvalue weighted by Crippen LogP contribution is 2.23. The molecule has 0 saturated carbocycles. The van der Waals surface area contributed by atoms with E-state index in [4.69, 9.17) is 5.11 Å². The largest absolute Gasteiger partial charge is 0.481 e. The summed E-state index contributed by atoms with van der Waals surface area (Å²) in [7, 11) is 0. The van der Waals surface area contributed by atoms with Crippen molar-refractivity contribution in [2.45, 2.75) is 40.5 Å². The van der Waals surface area contributed by atoms with Gasteiger partial charge in [0.05, 0.1) is 0 Å². The lowest BCUT2D eigenvalue weighted by atomic mass is 9.95. The first kappa shape index (κ1) is 19.5. The third-order valence-electron chi connectivity index (χ3n) is 3.28. The first-order valence-electron chi connectivity index (χ1n) is 7.78. The summed E-state index contributed by atoms with van der Waals surface area (Å²) in [5.41, 5.74) is 1.55. The fourth-order valence-electron chi connectivity index (χ4n) is 1.76. The molecule has 7 heteroatoms. The number of aryl methyl sites for hydroxylation is 1. The van der Waals surface area contributed by atoms with E-state index in [2.05, 4.69) is 16.0 Å². The minimum absolute atomic E-state index is 0.00773. The van der Waals surface area contributed by atoms with Gasteiger partial charge in [-0.05, 0) is 31.0 Å². The van der Waals surface area contributed by atoms with E-state index in [1.54, 1.807) is 18.2 Å². The number of aliphatic carboxylic acids is 1. The van der Waals surface area contributed by atoms with Crippen molar-refractivity contribution >= 4 is 29.3 Å². The number of carboxylic acid groups (broad SMARTS) is 1. The average molecular weight is 335 g/mol. The van der Waals surface area contributed by atoms with Crippen LogP contribution in [-0.2, 0) is 9.59 Å². The van der Waals surface area contributed by atoms with Gasteiger partial charge in [-0.3, -0.25) is 9.59 Å². The number of carboxylic acids is 1. The molecule has 132 valence electrons. The molecule has 0 saturated heterocycles. The second-order valence-corrected chi connectivity index (χ2v) is 6.61. The first-order chi connectivity index (χ1) is 11.1. The fourth-order valence-corrected chi connectivity index (χ4v) is 1.76. The number of anilines is 2. The van der Waals surface area contributed by atoms with Crippen molar-refractivity contribution in [3.05, 3.63) is 23.8 Å². The summed E-state index contributed by atoms with van der Waals surface area (Å²) < 4.78 is 0. The van der Waals surface area contributed by atoms with Crippen molar-refractivity contribution in [1.82, 2.24) is 5.32 Å². The topological polar surface area (TPSA) is 108 Å². The van der Waals surface area contributed by atoms with Crippen LogP contribution in [0.3, 0.4) is 0 Å². The molecule has 0 fully saturated rings. The number of rotatable bonds is 6. The van der Waals surface area contributed by atoms with Crippen LogP contribution in [0.15, 0.2) is 18.2 Å². The van der Waals surface area contributed by atoms with Gasteiger partial charge in [0, 0.05) is 29.8 Å².